The molecular formula is C10H22O3. The molecule has 3 nitrogen and oxygen atoms in total. The number of rotatable bonds is 10. The van der Waals surface area contributed by atoms with Gasteiger partial charge in [0.1, 0.15) is 0 Å². The van der Waals surface area contributed by atoms with Gasteiger partial charge in [0, 0.05) is 13.2 Å². The van der Waals surface area contributed by atoms with Crippen molar-refractivity contribution in [3.63, 3.8) is 0 Å². The van der Waals surface area contributed by atoms with Gasteiger partial charge in [-0.1, -0.05) is 13.3 Å². The average molecular weight is 190 g/mol. The molecule has 0 rings (SSSR count). The summed E-state index contributed by atoms with van der Waals surface area (Å²) in [5.41, 5.74) is 0. The van der Waals surface area contributed by atoms with Crippen LogP contribution in [0, 0.1) is 0 Å². The molecule has 0 saturated carbocycles. The molecule has 0 amide bonds. The topological polar surface area (TPSA) is 27.7 Å². The second kappa shape index (κ2) is 11.9. The maximum atomic E-state index is 5.31. The van der Waals surface area contributed by atoms with E-state index in [1.807, 2.05) is 6.92 Å². The first-order valence-electron chi connectivity index (χ1n) is 5.15. The number of hydrogen-bond acceptors (Lipinski definition) is 3. The summed E-state index contributed by atoms with van der Waals surface area (Å²) >= 11 is 0. The van der Waals surface area contributed by atoms with Crippen LogP contribution in [0.15, 0.2) is 0 Å². The predicted octanol–water partition coefficient (Wildman–Crippen LogP) is 1.86. The number of hydrogen-bond donors (Lipinski definition) is 0. The van der Waals surface area contributed by atoms with Gasteiger partial charge in [-0.2, -0.15) is 0 Å². The van der Waals surface area contributed by atoms with Crippen LogP contribution in [0.3, 0.4) is 0 Å². The molecule has 0 aliphatic rings. The van der Waals surface area contributed by atoms with E-state index >= 15 is 0 Å². The van der Waals surface area contributed by atoms with Crippen LogP contribution >= 0.6 is 0 Å². The number of ether oxygens (including phenoxy) is 3. The van der Waals surface area contributed by atoms with Gasteiger partial charge in [-0.3, -0.25) is 0 Å². The lowest BCUT2D eigenvalue weighted by molar-refractivity contribution is 0.0164. The van der Waals surface area contributed by atoms with Crippen molar-refractivity contribution in [3.05, 3.63) is 0 Å². The second-order valence-corrected chi connectivity index (χ2v) is 2.78. The summed E-state index contributed by atoms with van der Waals surface area (Å²) in [4.78, 5) is 0. The van der Waals surface area contributed by atoms with Crippen molar-refractivity contribution < 1.29 is 14.2 Å². The van der Waals surface area contributed by atoms with E-state index in [9.17, 15) is 0 Å². The van der Waals surface area contributed by atoms with Crippen molar-refractivity contribution in [3.8, 4) is 0 Å². The van der Waals surface area contributed by atoms with E-state index in [1.165, 1.54) is 6.42 Å². The Morgan fingerprint density at radius 2 is 1.23 bits per heavy atom. The zero-order valence-electron chi connectivity index (χ0n) is 8.88. The Bertz CT molecular complexity index is 76.2. The quantitative estimate of drug-likeness (QED) is 0.492. The summed E-state index contributed by atoms with van der Waals surface area (Å²) in [5, 5.41) is 0. The van der Waals surface area contributed by atoms with E-state index in [1.54, 1.807) is 0 Å². The SMILES string of the molecule is CCCCOCCOCCOCC. The van der Waals surface area contributed by atoms with Crippen LogP contribution in [0.4, 0.5) is 0 Å². The molecule has 0 aliphatic heterocycles. The van der Waals surface area contributed by atoms with Crippen LogP contribution in [0.2, 0.25) is 0 Å². The molecule has 0 heterocycles. The van der Waals surface area contributed by atoms with Gasteiger partial charge in [-0.15, -0.1) is 0 Å². The van der Waals surface area contributed by atoms with Gasteiger partial charge in [0.2, 0.25) is 0 Å². The van der Waals surface area contributed by atoms with E-state index in [2.05, 4.69) is 6.92 Å². The third-order valence-electron chi connectivity index (χ3n) is 1.59. The van der Waals surface area contributed by atoms with Crippen molar-refractivity contribution in [1.82, 2.24) is 0 Å². The smallest absolute Gasteiger partial charge is 0.0701 e. The molecule has 0 saturated heterocycles. The first kappa shape index (κ1) is 12.9. The van der Waals surface area contributed by atoms with Crippen molar-refractivity contribution >= 4 is 0 Å². The van der Waals surface area contributed by atoms with Crippen molar-refractivity contribution in [2.45, 2.75) is 26.7 Å². The molecule has 80 valence electrons. The highest BCUT2D eigenvalue weighted by Gasteiger charge is 1.89. The van der Waals surface area contributed by atoms with Gasteiger partial charge in [-0.25, -0.2) is 0 Å². The van der Waals surface area contributed by atoms with Crippen molar-refractivity contribution in [1.29, 1.82) is 0 Å². The summed E-state index contributed by atoms with van der Waals surface area (Å²) in [5.74, 6) is 0. The molecule has 0 radical (unpaired) electrons. The lowest BCUT2D eigenvalue weighted by Crippen LogP contribution is -2.09. The molecule has 0 fully saturated rings. The molecule has 0 aromatic rings. The third kappa shape index (κ3) is 11.9. The third-order valence-corrected chi connectivity index (χ3v) is 1.59. The van der Waals surface area contributed by atoms with Gasteiger partial charge >= 0.3 is 0 Å². The highest BCUT2D eigenvalue weighted by atomic mass is 16.5. The standard InChI is InChI=1S/C10H22O3/c1-3-5-6-12-9-10-13-8-7-11-4-2/h3-10H2,1-2H3. The molecule has 0 unspecified atom stereocenters. The van der Waals surface area contributed by atoms with Crippen LogP contribution in [0.5, 0.6) is 0 Å². The van der Waals surface area contributed by atoms with Gasteiger partial charge in [0.05, 0.1) is 26.4 Å². The highest BCUT2D eigenvalue weighted by Crippen LogP contribution is 1.87. The Morgan fingerprint density at radius 3 is 1.77 bits per heavy atom. The van der Waals surface area contributed by atoms with Gasteiger partial charge in [-0.05, 0) is 13.3 Å². The molecule has 0 aromatic carbocycles. The second-order valence-electron chi connectivity index (χ2n) is 2.78. The molecule has 13 heavy (non-hydrogen) atoms. The van der Waals surface area contributed by atoms with E-state index in [-0.39, 0.29) is 0 Å². The minimum absolute atomic E-state index is 0.672. The van der Waals surface area contributed by atoms with Crippen LogP contribution in [-0.2, 0) is 14.2 Å². The molecular weight excluding hydrogens is 168 g/mol. The van der Waals surface area contributed by atoms with Gasteiger partial charge in [0.25, 0.3) is 0 Å². The normalized spacial score (nSPS) is 10.6. The number of unbranched alkanes of at least 4 members (excludes halogenated alkanes) is 1. The minimum atomic E-state index is 0.672. The summed E-state index contributed by atoms with van der Waals surface area (Å²) in [6.07, 6.45) is 2.32. The van der Waals surface area contributed by atoms with Gasteiger partial charge in [0.15, 0.2) is 0 Å². The Morgan fingerprint density at radius 1 is 0.692 bits per heavy atom. The summed E-state index contributed by atoms with van der Waals surface area (Å²) in [6.45, 7) is 8.48. The molecule has 0 N–H and O–H groups in total. The van der Waals surface area contributed by atoms with Crippen molar-refractivity contribution in [2.75, 3.05) is 39.6 Å². The van der Waals surface area contributed by atoms with Gasteiger partial charge < -0.3 is 14.2 Å². The highest BCUT2D eigenvalue weighted by molar-refractivity contribution is 4.34. The van der Waals surface area contributed by atoms with Crippen LogP contribution in [0.25, 0.3) is 0 Å². The summed E-state index contributed by atoms with van der Waals surface area (Å²) < 4.78 is 15.7. The van der Waals surface area contributed by atoms with Crippen LogP contribution < -0.4 is 0 Å². The fourth-order valence-corrected chi connectivity index (χ4v) is 0.831. The lowest BCUT2D eigenvalue weighted by atomic mass is 10.4. The largest absolute Gasteiger partial charge is 0.379 e. The maximum absolute atomic E-state index is 5.31. The fourth-order valence-electron chi connectivity index (χ4n) is 0.831. The van der Waals surface area contributed by atoms with E-state index in [0.29, 0.717) is 26.4 Å². The maximum Gasteiger partial charge on any atom is 0.0701 e. The Hall–Kier alpha value is -0.120. The summed E-state index contributed by atoms with van der Waals surface area (Å²) in [7, 11) is 0. The van der Waals surface area contributed by atoms with Crippen LogP contribution in [0.1, 0.15) is 26.7 Å². The zero-order valence-corrected chi connectivity index (χ0v) is 8.88. The molecule has 0 spiro atoms. The summed E-state index contributed by atoms with van der Waals surface area (Å²) in [6, 6.07) is 0. The first-order valence-corrected chi connectivity index (χ1v) is 5.15. The molecule has 0 aromatic heterocycles. The zero-order chi connectivity index (χ0) is 9.78. The Kier molecular flexibility index (Phi) is 11.8. The lowest BCUT2D eigenvalue weighted by Gasteiger charge is -2.05. The molecule has 0 bridgehead atoms. The first-order chi connectivity index (χ1) is 6.41. The van der Waals surface area contributed by atoms with E-state index in [4.69, 9.17) is 14.2 Å². The van der Waals surface area contributed by atoms with E-state index in [0.717, 1.165) is 19.6 Å². The molecule has 0 aliphatic carbocycles. The Balaban J connectivity index is 2.76. The van der Waals surface area contributed by atoms with Crippen LogP contribution in [-0.4, -0.2) is 39.6 Å². The van der Waals surface area contributed by atoms with E-state index < -0.39 is 0 Å². The monoisotopic (exact) mass is 190 g/mol. The average Bonchev–Trinajstić information content (AvgIpc) is 2.16. The molecule has 3 heteroatoms. The molecule has 0 atom stereocenters. The Labute approximate surface area is 81.4 Å². The fraction of sp³-hybridized carbons (Fsp3) is 1.00. The minimum Gasteiger partial charge on any atom is -0.379 e. The van der Waals surface area contributed by atoms with Crippen molar-refractivity contribution in [2.24, 2.45) is 0 Å². The predicted molar refractivity (Wildman–Crippen MR) is 53.0 cm³/mol.